The lowest BCUT2D eigenvalue weighted by atomic mass is 10.2. The van der Waals surface area contributed by atoms with Crippen molar-refractivity contribution in [3.63, 3.8) is 0 Å². The highest BCUT2D eigenvalue weighted by molar-refractivity contribution is 7.66. The molecular formula is C18H22N3OP. The zero-order valence-corrected chi connectivity index (χ0v) is 14.0. The number of hydrogen-bond donors (Lipinski definition) is 1. The van der Waals surface area contributed by atoms with Crippen LogP contribution >= 0.6 is 7.94 Å². The maximum Gasteiger partial charge on any atom is 0.207 e. The summed E-state index contributed by atoms with van der Waals surface area (Å²) in [4.78, 5) is 13.9. The Morgan fingerprint density at radius 1 is 1.04 bits per heavy atom. The molecule has 120 valence electrons. The van der Waals surface area contributed by atoms with Crippen molar-refractivity contribution < 1.29 is 4.89 Å². The van der Waals surface area contributed by atoms with Crippen LogP contribution in [0.3, 0.4) is 0 Å². The fourth-order valence-electron chi connectivity index (χ4n) is 3.64. The van der Waals surface area contributed by atoms with Gasteiger partial charge in [-0.05, 0) is 30.5 Å². The number of para-hydroxylation sites is 1. The average molecular weight is 327 g/mol. The van der Waals surface area contributed by atoms with Crippen LogP contribution in [0.25, 0.3) is 0 Å². The van der Waals surface area contributed by atoms with E-state index in [4.69, 9.17) is 0 Å². The van der Waals surface area contributed by atoms with Gasteiger partial charge in [-0.3, -0.25) is 0 Å². The number of fused-ring (bicyclic) bond motifs is 1. The molecule has 2 heterocycles. The number of rotatable bonds is 4. The molecule has 1 N–H and O–H groups in total. The van der Waals surface area contributed by atoms with Gasteiger partial charge in [-0.25, -0.2) is 4.67 Å². The van der Waals surface area contributed by atoms with Crippen molar-refractivity contribution in [2.24, 2.45) is 0 Å². The van der Waals surface area contributed by atoms with Crippen molar-refractivity contribution in [2.45, 2.75) is 25.4 Å². The molecule has 2 atom stereocenters. The third kappa shape index (κ3) is 2.77. The minimum absolute atomic E-state index is 0.407. The van der Waals surface area contributed by atoms with Crippen molar-refractivity contribution in [1.82, 2.24) is 9.76 Å². The van der Waals surface area contributed by atoms with Gasteiger partial charge in [-0.2, -0.15) is 5.09 Å². The summed E-state index contributed by atoms with van der Waals surface area (Å²) in [7, 11) is -2.75. The quantitative estimate of drug-likeness (QED) is 0.877. The van der Waals surface area contributed by atoms with E-state index < -0.39 is 7.94 Å². The molecule has 2 saturated heterocycles. The van der Waals surface area contributed by atoms with Gasteiger partial charge < -0.3 is 4.89 Å². The van der Waals surface area contributed by atoms with Gasteiger partial charge in [-0.15, -0.1) is 4.67 Å². The molecule has 0 saturated carbocycles. The molecule has 2 aromatic rings. The van der Waals surface area contributed by atoms with Crippen LogP contribution in [0.15, 0.2) is 60.7 Å². The number of nitrogens with one attached hydrogen (secondary N) is 1. The van der Waals surface area contributed by atoms with Crippen LogP contribution in [-0.4, -0.2) is 23.8 Å². The van der Waals surface area contributed by atoms with Crippen molar-refractivity contribution in [2.75, 3.05) is 17.8 Å². The molecular weight excluding hydrogens is 305 g/mol. The van der Waals surface area contributed by atoms with E-state index in [9.17, 15) is 4.89 Å². The smallest absolute Gasteiger partial charge is 0.207 e. The number of benzene rings is 2. The summed E-state index contributed by atoms with van der Waals surface area (Å²) in [6.07, 6.45) is 2.28. The third-order valence-corrected chi connectivity index (χ3v) is 7.63. The maximum atomic E-state index is 13.9. The van der Waals surface area contributed by atoms with Crippen LogP contribution < -0.4 is 14.7 Å². The first-order valence-corrected chi connectivity index (χ1v) is 9.88. The maximum absolute atomic E-state index is 13.9. The van der Waals surface area contributed by atoms with E-state index in [0.29, 0.717) is 12.6 Å². The van der Waals surface area contributed by atoms with Crippen LogP contribution in [-0.2, 0) is 6.54 Å². The predicted octanol–water partition coefficient (Wildman–Crippen LogP) is 2.80. The Morgan fingerprint density at radius 2 is 1.74 bits per heavy atom. The summed E-state index contributed by atoms with van der Waals surface area (Å²) in [6, 6.07) is 20.7. The second-order valence-electron chi connectivity index (χ2n) is 6.24. The number of nitrogens with zero attached hydrogens (tertiary/aromatic N) is 2. The largest absolute Gasteiger partial charge is 0.632 e. The summed E-state index contributed by atoms with van der Waals surface area (Å²) in [5.41, 5.74) is 2.21. The van der Waals surface area contributed by atoms with E-state index in [2.05, 4.69) is 38.7 Å². The normalized spacial score (nSPS) is 27.3. The summed E-state index contributed by atoms with van der Waals surface area (Å²) >= 11 is 0. The first kappa shape index (κ1) is 15.1. The molecule has 2 aliphatic rings. The molecule has 0 aromatic heterocycles. The zero-order valence-electron chi connectivity index (χ0n) is 13.1. The Balaban J connectivity index is 1.60. The standard InChI is InChI=1S/C18H22N3OP/c22-23(19-14-16-8-3-1-4-9-16)20-13-7-12-18(20)15-21(23)17-10-5-2-6-11-17/h1-6,8-11,18H,7,12-15H2,(H,19,22)/t18-,23?/m0/s1. The van der Waals surface area contributed by atoms with Crippen LogP contribution in [0.5, 0.6) is 0 Å². The second kappa shape index (κ2) is 6.21. The summed E-state index contributed by atoms with van der Waals surface area (Å²) in [5, 5.41) is 3.40. The van der Waals surface area contributed by atoms with Crippen molar-refractivity contribution >= 4 is 13.6 Å². The van der Waals surface area contributed by atoms with Gasteiger partial charge >= 0.3 is 0 Å². The molecule has 5 heteroatoms. The highest BCUT2D eigenvalue weighted by Crippen LogP contribution is 2.62. The molecule has 4 nitrogen and oxygen atoms in total. The van der Waals surface area contributed by atoms with Crippen LogP contribution in [0.4, 0.5) is 5.69 Å². The molecule has 1 unspecified atom stereocenters. The minimum atomic E-state index is -2.75. The van der Waals surface area contributed by atoms with Gasteiger partial charge in [0.25, 0.3) is 0 Å². The Kier molecular flexibility index (Phi) is 4.08. The van der Waals surface area contributed by atoms with E-state index >= 15 is 0 Å². The van der Waals surface area contributed by atoms with Gasteiger partial charge in [0, 0.05) is 6.54 Å². The second-order valence-corrected chi connectivity index (χ2v) is 8.64. The van der Waals surface area contributed by atoms with Gasteiger partial charge in [0.15, 0.2) is 0 Å². The van der Waals surface area contributed by atoms with Crippen LogP contribution in [0.1, 0.15) is 18.4 Å². The molecule has 23 heavy (non-hydrogen) atoms. The lowest BCUT2D eigenvalue weighted by molar-refractivity contribution is -0.184. The molecule has 0 bridgehead atoms. The van der Waals surface area contributed by atoms with E-state index in [0.717, 1.165) is 31.6 Å². The van der Waals surface area contributed by atoms with E-state index in [1.54, 1.807) is 0 Å². The first-order valence-electron chi connectivity index (χ1n) is 8.27. The topological polar surface area (TPSA) is 41.6 Å². The van der Waals surface area contributed by atoms with E-state index in [1.807, 2.05) is 36.4 Å². The molecule has 0 amide bonds. The average Bonchev–Trinajstić information content (AvgIpc) is 3.17. The SMILES string of the molecule is [O-][P+]1(NCc2ccccc2)N(c2ccccc2)C[C@@H]2CCCN21. The number of hydrogen-bond acceptors (Lipinski definition) is 4. The minimum Gasteiger partial charge on any atom is -0.632 e. The monoisotopic (exact) mass is 327 g/mol. The highest BCUT2D eigenvalue weighted by Gasteiger charge is 2.54. The lowest BCUT2D eigenvalue weighted by Gasteiger charge is -2.39. The first-order chi connectivity index (χ1) is 11.3. The summed E-state index contributed by atoms with van der Waals surface area (Å²) in [5.74, 6) is 0. The molecule has 2 fully saturated rings. The molecule has 4 rings (SSSR count). The zero-order chi connectivity index (χ0) is 15.7. The van der Waals surface area contributed by atoms with Gasteiger partial charge in [0.2, 0.25) is 7.94 Å². The predicted molar refractivity (Wildman–Crippen MR) is 93.7 cm³/mol. The Hall–Kier alpha value is -1.45. The van der Waals surface area contributed by atoms with Crippen molar-refractivity contribution in [3.8, 4) is 0 Å². The third-order valence-electron chi connectivity index (χ3n) is 4.79. The van der Waals surface area contributed by atoms with Gasteiger partial charge in [-0.1, -0.05) is 48.5 Å². The highest BCUT2D eigenvalue weighted by atomic mass is 31.2. The van der Waals surface area contributed by atoms with Crippen LogP contribution in [0, 0.1) is 0 Å². The fraction of sp³-hybridized carbons (Fsp3) is 0.333. The van der Waals surface area contributed by atoms with E-state index in [-0.39, 0.29) is 0 Å². The molecule has 0 aliphatic carbocycles. The van der Waals surface area contributed by atoms with E-state index in [1.165, 1.54) is 5.56 Å². The number of anilines is 1. The molecule has 2 aromatic carbocycles. The molecule has 0 radical (unpaired) electrons. The van der Waals surface area contributed by atoms with Crippen molar-refractivity contribution in [1.29, 1.82) is 0 Å². The molecule has 2 aliphatic heterocycles. The Bertz CT molecular complexity index is 654. The van der Waals surface area contributed by atoms with Gasteiger partial charge in [0.1, 0.15) is 0 Å². The molecule has 0 spiro atoms. The summed E-state index contributed by atoms with van der Waals surface area (Å²) in [6.45, 7) is 2.40. The Labute approximate surface area is 138 Å². The van der Waals surface area contributed by atoms with Crippen molar-refractivity contribution in [3.05, 3.63) is 66.2 Å². The van der Waals surface area contributed by atoms with Crippen LogP contribution in [0.2, 0.25) is 0 Å². The lowest BCUT2D eigenvalue weighted by Crippen LogP contribution is -2.42. The fourth-order valence-corrected chi connectivity index (χ4v) is 6.56. The van der Waals surface area contributed by atoms with Gasteiger partial charge in [0.05, 0.1) is 24.8 Å². The summed E-state index contributed by atoms with van der Waals surface area (Å²) < 4.78 is 4.31. The Morgan fingerprint density at radius 3 is 2.48 bits per heavy atom.